The molecule has 6 heteroatoms. The van der Waals surface area contributed by atoms with Crippen LogP contribution in [-0.2, 0) is 4.79 Å². The van der Waals surface area contributed by atoms with Crippen LogP contribution in [0.25, 0.3) is 11.3 Å². The summed E-state index contributed by atoms with van der Waals surface area (Å²) in [6, 6.07) is 5.18. The summed E-state index contributed by atoms with van der Waals surface area (Å²) in [5.74, 6) is 0.810. The van der Waals surface area contributed by atoms with E-state index < -0.39 is 12.0 Å². The smallest absolute Gasteiger partial charge is 0.326 e. The van der Waals surface area contributed by atoms with Gasteiger partial charge in [0.15, 0.2) is 0 Å². The number of aliphatic carboxylic acids is 1. The molecule has 0 saturated carbocycles. The highest BCUT2D eigenvalue weighted by molar-refractivity contribution is 5.78. The third-order valence-electron chi connectivity index (χ3n) is 4.30. The van der Waals surface area contributed by atoms with Crippen LogP contribution in [0.3, 0.4) is 0 Å². The highest BCUT2D eigenvalue weighted by Crippen LogP contribution is 2.28. The Hall–Kier alpha value is -2.50. The zero-order valence-electron chi connectivity index (χ0n) is 14.0. The number of anilines is 1. The molecule has 3 rings (SSSR count). The molecule has 6 nitrogen and oxygen atoms in total. The molecule has 1 fully saturated rings. The number of pyridine rings is 1. The van der Waals surface area contributed by atoms with Crippen LogP contribution in [-0.4, -0.2) is 38.6 Å². The monoisotopic (exact) mass is 326 g/mol. The van der Waals surface area contributed by atoms with Gasteiger partial charge in [-0.05, 0) is 31.4 Å². The first-order valence-electron chi connectivity index (χ1n) is 8.35. The predicted octanol–water partition coefficient (Wildman–Crippen LogP) is 3.11. The van der Waals surface area contributed by atoms with E-state index in [0.717, 1.165) is 29.9 Å². The number of rotatable bonds is 4. The Morgan fingerprint density at radius 3 is 2.67 bits per heavy atom. The van der Waals surface area contributed by atoms with Gasteiger partial charge in [-0.1, -0.05) is 13.8 Å². The Bertz CT molecular complexity index is 718. The molecule has 1 saturated heterocycles. The first kappa shape index (κ1) is 16.4. The lowest BCUT2D eigenvalue weighted by Gasteiger charge is -2.34. The van der Waals surface area contributed by atoms with Gasteiger partial charge in [-0.3, -0.25) is 4.98 Å². The van der Waals surface area contributed by atoms with Crippen molar-refractivity contribution >= 4 is 11.8 Å². The van der Waals surface area contributed by atoms with Gasteiger partial charge in [0.25, 0.3) is 0 Å². The highest BCUT2D eigenvalue weighted by Gasteiger charge is 2.30. The van der Waals surface area contributed by atoms with Crippen LogP contribution in [0.5, 0.6) is 0 Å². The van der Waals surface area contributed by atoms with Crippen molar-refractivity contribution in [2.75, 3.05) is 11.4 Å². The molecule has 126 valence electrons. The Balaban J connectivity index is 2.06. The van der Waals surface area contributed by atoms with Crippen LogP contribution in [0.2, 0.25) is 0 Å². The maximum atomic E-state index is 11.6. The number of carbonyl (C=O) groups is 1. The van der Waals surface area contributed by atoms with E-state index in [1.54, 1.807) is 12.4 Å². The van der Waals surface area contributed by atoms with Gasteiger partial charge in [0.05, 0.1) is 5.69 Å². The predicted molar refractivity (Wildman–Crippen MR) is 92.0 cm³/mol. The molecule has 3 heterocycles. The summed E-state index contributed by atoms with van der Waals surface area (Å²) in [5.41, 5.74) is 1.76. The fourth-order valence-electron chi connectivity index (χ4n) is 2.99. The van der Waals surface area contributed by atoms with Crippen LogP contribution in [0, 0.1) is 0 Å². The van der Waals surface area contributed by atoms with E-state index in [0.29, 0.717) is 18.8 Å². The Kier molecular flexibility index (Phi) is 4.74. The van der Waals surface area contributed by atoms with Gasteiger partial charge in [0.1, 0.15) is 17.7 Å². The van der Waals surface area contributed by atoms with Crippen molar-refractivity contribution in [3.05, 3.63) is 36.4 Å². The number of nitrogens with zero attached hydrogens (tertiary/aromatic N) is 4. The second-order valence-corrected chi connectivity index (χ2v) is 6.40. The van der Waals surface area contributed by atoms with Gasteiger partial charge in [-0.25, -0.2) is 14.8 Å². The van der Waals surface area contributed by atoms with Crippen molar-refractivity contribution in [1.82, 2.24) is 15.0 Å². The lowest BCUT2D eigenvalue weighted by Crippen LogP contribution is -2.45. The molecule has 24 heavy (non-hydrogen) atoms. The normalized spacial score (nSPS) is 18.0. The molecule has 0 spiro atoms. The molecule has 2 aromatic heterocycles. The van der Waals surface area contributed by atoms with Crippen molar-refractivity contribution in [1.29, 1.82) is 0 Å². The average Bonchev–Trinajstić information content (AvgIpc) is 2.62. The van der Waals surface area contributed by atoms with Crippen LogP contribution in [0.15, 0.2) is 30.6 Å². The van der Waals surface area contributed by atoms with E-state index in [1.165, 1.54) is 0 Å². The molecule has 1 atom stereocenters. The van der Waals surface area contributed by atoms with E-state index in [4.69, 9.17) is 0 Å². The van der Waals surface area contributed by atoms with Crippen molar-refractivity contribution in [3.63, 3.8) is 0 Å². The Morgan fingerprint density at radius 1 is 1.25 bits per heavy atom. The molecular formula is C18H22N4O2. The van der Waals surface area contributed by atoms with Gasteiger partial charge in [-0.15, -0.1) is 0 Å². The summed E-state index contributed by atoms with van der Waals surface area (Å²) in [7, 11) is 0. The number of hydrogen-bond acceptors (Lipinski definition) is 5. The molecule has 0 aromatic carbocycles. The third kappa shape index (κ3) is 3.37. The second kappa shape index (κ2) is 6.95. The first-order chi connectivity index (χ1) is 11.6. The number of aromatic nitrogens is 3. The fourth-order valence-corrected chi connectivity index (χ4v) is 2.99. The lowest BCUT2D eigenvalue weighted by molar-refractivity contribution is -0.139. The van der Waals surface area contributed by atoms with E-state index in [-0.39, 0.29) is 5.92 Å². The molecule has 0 radical (unpaired) electrons. The number of carboxylic acid groups (broad SMARTS) is 1. The topological polar surface area (TPSA) is 79.2 Å². The van der Waals surface area contributed by atoms with Crippen LogP contribution in [0.1, 0.15) is 44.9 Å². The molecule has 0 bridgehead atoms. The molecule has 1 N–H and O–H groups in total. The van der Waals surface area contributed by atoms with Gasteiger partial charge >= 0.3 is 5.97 Å². The third-order valence-corrected chi connectivity index (χ3v) is 4.30. The summed E-state index contributed by atoms with van der Waals surface area (Å²) in [4.78, 5) is 26.9. The van der Waals surface area contributed by atoms with Crippen LogP contribution < -0.4 is 4.90 Å². The van der Waals surface area contributed by atoms with Gasteiger partial charge in [0, 0.05) is 36.5 Å². The Morgan fingerprint density at radius 2 is 2.00 bits per heavy atom. The molecule has 2 aromatic rings. The van der Waals surface area contributed by atoms with E-state index >= 15 is 0 Å². The molecule has 1 aliphatic heterocycles. The van der Waals surface area contributed by atoms with Crippen molar-refractivity contribution in [2.45, 2.75) is 45.1 Å². The summed E-state index contributed by atoms with van der Waals surface area (Å²) in [6.45, 7) is 4.79. The molecule has 1 aliphatic rings. The minimum Gasteiger partial charge on any atom is -0.480 e. The average molecular weight is 326 g/mol. The summed E-state index contributed by atoms with van der Waals surface area (Å²) < 4.78 is 0. The minimum absolute atomic E-state index is 0.165. The molecule has 0 aliphatic carbocycles. The number of carboxylic acids is 1. The summed E-state index contributed by atoms with van der Waals surface area (Å²) in [5, 5.41) is 9.54. The largest absolute Gasteiger partial charge is 0.480 e. The zero-order chi connectivity index (χ0) is 17.1. The van der Waals surface area contributed by atoms with E-state index in [1.807, 2.05) is 36.9 Å². The summed E-state index contributed by atoms with van der Waals surface area (Å²) in [6.07, 6.45) is 6.03. The number of piperidine rings is 1. The number of hydrogen-bond donors (Lipinski definition) is 1. The van der Waals surface area contributed by atoms with Crippen molar-refractivity contribution in [2.24, 2.45) is 0 Å². The van der Waals surface area contributed by atoms with Crippen molar-refractivity contribution in [3.8, 4) is 11.3 Å². The van der Waals surface area contributed by atoms with Gasteiger partial charge in [-0.2, -0.15) is 0 Å². The maximum Gasteiger partial charge on any atom is 0.326 e. The van der Waals surface area contributed by atoms with Gasteiger partial charge < -0.3 is 10.0 Å². The quantitative estimate of drug-likeness (QED) is 0.930. The maximum absolute atomic E-state index is 11.6. The minimum atomic E-state index is -0.787. The van der Waals surface area contributed by atoms with Gasteiger partial charge in [0.2, 0.25) is 0 Å². The molecule has 1 unspecified atom stereocenters. The first-order valence-corrected chi connectivity index (χ1v) is 8.35. The van der Waals surface area contributed by atoms with Crippen LogP contribution in [0.4, 0.5) is 5.82 Å². The zero-order valence-corrected chi connectivity index (χ0v) is 14.0. The SMILES string of the molecule is CC(C)c1nc(-c2ccncc2)cc(N2CCCCC2C(=O)O)n1. The fraction of sp³-hybridized carbons (Fsp3) is 0.444. The van der Waals surface area contributed by atoms with E-state index in [9.17, 15) is 9.90 Å². The summed E-state index contributed by atoms with van der Waals surface area (Å²) >= 11 is 0. The molecular weight excluding hydrogens is 304 g/mol. The Labute approximate surface area is 141 Å². The van der Waals surface area contributed by atoms with Crippen LogP contribution >= 0.6 is 0 Å². The highest BCUT2D eigenvalue weighted by atomic mass is 16.4. The van der Waals surface area contributed by atoms with Crippen molar-refractivity contribution < 1.29 is 9.90 Å². The van der Waals surface area contributed by atoms with E-state index in [2.05, 4.69) is 15.0 Å². The molecule has 0 amide bonds. The lowest BCUT2D eigenvalue weighted by atomic mass is 10.0. The standard InChI is InChI=1S/C18H22N4O2/c1-12(2)17-20-14(13-6-8-19-9-7-13)11-16(21-17)22-10-4-3-5-15(22)18(23)24/h6-9,11-12,15H,3-5,10H2,1-2H3,(H,23,24). The second-order valence-electron chi connectivity index (χ2n) is 6.40.